The lowest BCUT2D eigenvalue weighted by atomic mass is 10.3. The number of aryl methyl sites for hydroxylation is 2. The molecule has 6 heteroatoms. The summed E-state index contributed by atoms with van der Waals surface area (Å²) in [4.78, 5) is 11.0. The monoisotopic (exact) mass is 305 g/mol. The summed E-state index contributed by atoms with van der Waals surface area (Å²) in [6.07, 6.45) is 3.84. The van der Waals surface area contributed by atoms with Gasteiger partial charge in [-0.05, 0) is 32.7 Å². The van der Waals surface area contributed by atoms with E-state index in [-0.39, 0.29) is 0 Å². The van der Waals surface area contributed by atoms with E-state index >= 15 is 0 Å². The number of thioether (sulfide) groups is 1. The molecule has 2 heterocycles. The normalized spacial score (nSPS) is 11.3. The number of nitrogens with zero attached hydrogens (tertiary/aromatic N) is 5. The van der Waals surface area contributed by atoms with E-state index in [1.807, 2.05) is 19.3 Å². The van der Waals surface area contributed by atoms with E-state index in [4.69, 9.17) is 0 Å². The molecule has 0 spiro atoms. The molecule has 0 amide bonds. The molecular formula is C15H23N5S. The number of hydrogen-bond donors (Lipinski definition) is 0. The van der Waals surface area contributed by atoms with Crippen LogP contribution < -0.4 is 0 Å². The van der Waals surface area contributed by atoms with Gasteiger partial charge in [0.1, 0.15) is 0 Å². The second-order valence-corrected chi connectivity index (χ2v) is 6.43. The highest BCUT2D eigenvalue weighted by Crippen LogP contribution is 2.11. The Balaban J connectivity index is 1.83. The van der Waals surface area contributed by atoms with Crippen LogP contribution in [0.2, 0.25) is 0 Å². The topological polar surface area (TPSA) is 46.8 Å². The minimum atomic E-state index is 0.853. The van der Waals surface area contributed by atoms with Gasteiger partial charge in [0.2, 0.25) is 0 Å². The Bertz CT molecular complexity index is 564. The van der Waals surface area contributed by atoms with Crippen LogP contribution in [0.4, 0.5) is 0 Å². The zero-order valence-corrected chi connectivity index (χ0v) is 14.0. The molecule has 0 atom stereocenters. The fourth-order valence-electron chi connectivity index (χ4n) is 2.19. The minimum absolute atomic E-state index is 0.853. The van der Waals surface area contributed by atoms with Crippen LogP contribution in [0.25, 0.3) is 0 Å². The molecule has 2 aromatic rings. The summed E-state index contributed by atoms with van der Waals surface area (Å²) in [6.45, 7) is 8.94. The standard InChI is InChI=1S/C15H23N5S/c1-5-21-15-16-9-14(10-17-15)11-19(4)6-7-20-13(3)8-12(2)18-20/h8-10H,5-7,11H2,1-4H3. The highest BCUT2D eigenvalue weighted by molar-refractivity contribution is 7.99. The Labute approximate surface area is 130 Å². The summed E-state index contributed by atoms with van der Waals surface area (Å²) in [7, 11) is 2.11. The second kappa shape index (κ2) is 7.56. The van der Waals surface area contributed by atoms with E-state index in [2.05, 4.69) is 51.6 Å². The van der Waals surface area contributed by atoms with E-state index in [1.165, 1.54) is 5.69 Å². The van der Waals surface area contributed by atoms with E-state index in [0.29, 0.717) is 0 Å². The van der Waals surface area contributed by atoms with Crippen molar-refractivity contribution in [1.82, 2.24) is 24.6 Å². The molecule has 2 aromatic heterocycles. The number of likely N-dealkylation sites (N-methyl/N-ethyl adjacent to an activating group) is 1. The molecule has 0 saturated heterocycles. The molecule has 0 bridgehead atoms. The van der Waals surface area contributed by atoms with Gasteiger partial charge in [0.15, 0.2) is 5.16 Å². The fraction of sp³-hybridized carbons (Fsp3) is 0.533. The van der Waals surface area contributed by atoms with Crippen molar-refractivity contribution in [2.45, 2.75) is 39.0 Å². The third-order valence-corrected chi connectivity index (χ3v) is 3.96. The Morgan fingerprint density at radius 3 is 2.52 bits per heavy atom. The van der Waals surface area contributed by atoms with Gasteiger partial charge in [0, 0.05) is 36.7 Å². The summed E-state index contributed by atoms with van der Waals surface area (Å²) < 4.78 is 2.06. The Morgan fingerprint density at radius 1 is 1.24 bits per heavy atom. The summed E-state index contributed by atoms with van der Waals surface area (Å²) in [5.74, 6) is 1.00. The summed E-state index contributed by atoms with van der Waals surface area (Å²) in [6, 6.07) is 2.11. The van der Waals surface area contributed by atoms with E-state index in [1.54, 1.807) is 11.8 Å². The van der Waals surface area contributed by atoms with Gasteiger partial charge >= 0.3 is 0 Å². The van der Waals surface area contributed by atoms with Gasteiger partial charge in [-0.15, -0.1) is 0 Å². The molecule has 0 aliphatic carbocycles. The average Bonchev–Trinajstić information content (AvgIpc) is 2.77. The fourth-order valence-corrected chi connectivity index (χ4v) is 2.70. The molecule has 0 radical (unpaired) electrons. The van der Waals surface area contributed by atoms with E-state index in [0.717, 1.165) is 41.8 Å². The highest BCUT2D eigenvalue weighted by Gasteiger charge is 2.05. The van der Waals surface area contributed by atoms with E-state index < -0.39 is 0 Å². The van der Waals surface area contributed by atoms with Gasteiger partial charge in [-0.25, -0.2) is 9.97 Å². The summed E-state index contributed by atoms with van der Waals surface area (Å²) >= 11 is 1.67. The maximum absolute atomic E-state index is 4.48. The first-order valence-electron chi connectivity index (χ1n) is 7.21. The van der Waals surface area contributed by atoms with Gasteiger partial charge in [0.05, 0.1) is 12.2 Å². The molecule has 2 rings (SSSR count). The first-order chi connectivity index (χ1) is 10.1. The molecule has 0 aromatic carbocycles. The second-order valence-electron chi connectivity index (χ2n) is 5.19. The molecule has 0 saturated carbocycles. The molecule has 0 fully saturated rings. The molecule has 0 aliphatic rings. The maximum atomic E-state index is 4.48. The van der Waals surface area contributed by atoms with Crippen LogP contribution in [-0.2, 0) is 13.1 Å². The first-order valence-corrected chi connectivity index (χ1v) is 8.20. The van der Waals surface area contributed by atoms with Crippen LogP contribution >= 0.6 is 11.8 Å². The zero-order chi connectivity index (χ0) is 15.2. The van der Waals surface area contributed by atoms with Crippen molar-refractivity contribution in [3.05, 3.63) is 35.4 Å². The Hall–Kier alpha value is -1.40. The van der Waals surface area contributed by atoms with E-state index in [9.17, 15) is 0 Å². The van der Waals surface area contributed by atoms with Crippen molar-refractivity contribution in [2.24, 2.45) is 0 Å². The van der Waals surface area contributed by atoms with Gasteiger partial charge in [-0.3, -0.25) is 4.68 Å². The molecule has 114 valence electrons. The zero-order valence-electron chi connectivity index (χ0n) is 13.2. The minimum Gasteiger partial charge on any atom is -0.300 e. The predicted octanol–water partition coefficient (Wildman–Crippen LogP) is 2.53. The van der Waals surface area contributed by atoms with Crippen molar-refractivity contribution in [3.8, 4) is 0 Å². The molecule has 5 nitrogen and oxygen atoms in total. The third-order valence-electron chi connectivity index (χ3n) is 3.20. The van der Waals surface area contributed by atoms with Gasteiger partial charge in [0.25, 0.3) is 0 Å². The Morgan fingerprint density at radius 2 is 1.95 bits per heavy atom. The quantitative estimate of drug-likeness (QED) is 0.581. The first kappa shape index (κ1) is 16.0. The third kappa shape index (κ3) is 4.82. The molecule has 0 unspecified atom stereocenters. The lowest BCUT2D eigenvalue weighted by Gasteiger charge is -2.16. The van der Waals surface area contributed by atoms with Crippen molar-refractivity contribution < 1.29 is 0 Å². The van der Waals surface area contributed by atoms with Crippen molar-refractivity contribution in [3.63, 3.8) is 0 Å². The predicted molar refractivity (Wildman–Crippen MR) is 86.5 cm³/mol. The van der Waals surface area contributed by atoms with Crippen LogP contribution in [0.15, 0.2) is 23.6 Å². The maximum Gasteiger partial charge on any atom is 0.187 e. The van der Waals surface area contributed by atoms with Crippen LogP contribution in [-0.4, -0.2) is 44.0 Å². The summed E-state index contributed by atoms with van der Waals surface area (Å²) in [5.41, 5.74) is 3.43. The Kier molecular flexibility index (Phi) is 5.76. The smallest absolute Gasteiger partial charge is 0.187 e. The largest absolute Gasteiger partial charge is 0.300 e. The SMILES string of the molecule is CCSc1ncc(CN(C)CCn2nc(C)cc2C)cn1. The van der Waals surface area contributed by atoms with Crippen molar-refractivity contribution >= 4 is 11.8 Å². The van der Waals surface area contributed by atoms with Gasteiger partial charge in [-0.2, -0.15) is 5.10 Å². The lowest BCUT2D eigenvalue weighted by molar-refractivity contribution is 0.303. The molecule has 21 heavy (non-hydrogen) atoms. The molecule has 0 aliphatic heterocycles. The number of rotatable bonds is 7. The summed E-state index contributed by atoms with van der Waals surface area (Å²) in [5, 5.41) is 5.34. The van der Waals surface area contributed by atoms with Crippen LogP contribution in [0.1, 0.15) is 23.9 Å². The number of hydrogen-bond acceptors (Lipinski definition) is 5. The van der Waals surface area contributed by atoms with Crippen LogP contribution in [0, 0.1) is 13.8 Å². The highest BCUT2D eigenvalue weighted by atomic mass is 32.2. The van der Waals surface area contributed by atoms with Crippen molar-refractivity contribution in [2.75, 3.05) is 19.3 Å². The van der Waals surface area contributed by atoms with Crippen LogP contribution in [0.5, 0.6) is 0 Å². The number of aromatic nitrogens is 4. The lowest BCUT2D eigenvalue weighted by Crippen LogP contribution is -2.23. The van der Waals surface area contributed by atoms with Crippen LogP contribution in [0.3, 0.4) is 0 Å². The molecule has 0 N–H and O–H groups in total. The van der Waals surface area contributed by atoms with Gasteiger partial charge in [-0.1, -0.05) is 18.7 Å². The van der Waals surface area contributed by atoms with Gasteiger partial charge < -0.3 is 4.90 Å². The molecular weight excluding hydrogens is 282 g/mol. The van der Waals surface area contributed by atoms with Crippen molar-refractivity contribution in [1.29, 1.82) is 0 Å². The average molecular weight is 305 g/mol.